The van der Waals surface area contributed by atoms with Gasteiger partial charge in [-0.25, -0.2) is 0 Å². The molecule has 1 atom stereocenters. The Kier molecular flexibility index (Phi) is 4.23. The van der Waals surface area contributed by atoms with Crippen molar-refractivity contribution in [2.75, 3.05) is 18.9 Å². The first-order valence-corrected chi connectivity index (χ1v) is 9.48. The fraction of sp³-hybridized carbons (Fsp3) is 0.350. The first-order chi connectivity index (χ1) is 11.8. The third kappa shape index (κ3) is 2.80. The van der Waals surface area contributed by atoms with Gasteiger partial charge in [0.25, 0.3) is 0 Å². The highest BCUT2D eigenvalue weighted by atomic mass is 32.2. The minimum atomic E-state index is 0.431. The summed E-state index contributed by atoms with van der Waals surface area (Å²) in [6.45, 7) is 3.44. The number of aliphatic imine (C=N–C) groups is 1. The summed E-state index contributed by atoms with van der Waals surface area (Å²) in [5.74, 6) is 0.752. The molecule has 24 heavy (non-hydrogen) atoms. The number of fused-ring (bicyclic) bond motifs is 1. The lowest BCUT2D eigenvalue weighted by molar-refractivity contribution is 0.342. The number of benzene rings is 2. The quantitative estimate of drug-likeness (QED) is 0.841. The van der Waals surface area contributed by atoms with Crippen LogP contribution in [0, 0.1) is 0 Å². The molecule has 3 nitrogen and oxygen atoms in total. The molecule has 1 aliphatic carbocycles. The molecule has 0 spiro atoms. The summed E-state index contributed by atoms with van der Waals surface area (Å²) in [6, 6.07) is 12.8. The zero-order valence-corrected chi connectivity index (χ0v) is 14.7. The van der Waals surface area contributed by atoms with E-state index in [4.69, 9.17) is 15.5 Å². The Labute approximate surface area is 147 Å². The summed E-state index contributed by atoms with van der Waals surface area (Å²) < 4.78 is 5.52. The van der Waals surface area contributed by atoms with E-state index < -0.39 is 0 Å². The lowest BCUT2D eigenvalue weighted by Crippen LogP contribution is -2.01. The average Bonchev–Trinajstić information content (AvgIpc) is 3.25. The molecule has 4 rings (SSSR count). The number of aryl methyl sites for hydroxylation is 1. The summed E-state index contributed by atoms with van der Waals surface area (Å²) >= 11 is 1.86. The molecule has 4 heteroatoms. The van der Waals surface area contributed by atoms with E-state index in [-0.39, 0.29) is 0 Å². The van der Waals surface area contributed by atoms with Gasteiger partial charge in [-0.2, -0.15) is 0 Å². The van der Waals surface area contributed by atoms with Crippen LogP contribution < -0.4 is 10.5 Å². The number of rotatable bonds is 4. The van der Waals surface area contributed by atoms with Crippen LogP contribution in [0.1, 0.15) is 40.8 Å². The first-order valence-electron chi connectivity index (χ1n) is 8.60. The van der Waals surface area contributed by atoms with E-state index in [9.17, 15) is 0 Å². The molecule has 2 aromatic carbocycles. The second-order valence-electron chi connectivity index (χ2n) is 6.28. The van der Waals surface area contributed by atoms with Gasteiger partial charge in [0.15, 0.2) is 0 Å². The van der Waals surface area contributed by atoms with Crippen LogP contribution in [0.25, 0.3) is 0 Å². The van der Waals surface area contributed by atoms with E-state index in [0.717, 1.165) is 22.9 Å². The van der Waals surface area contributed by atoms with Gasteiger partial charge >= 0.3 is 0 Å². The van der Waals surface area contributed by atoms with Crippen LogP contribution in [0.3, 0.4) is 0 Å². The Bertz CT molecular complexity index is 800. The van der Waals surface area contributed by atoms with Gasteiger partial charge in [0, 0.05) is 5.56 Å². The largest absolute Gasteiger partial charge is 0.492 e. The van der Waals surface area contributed by atoms with Gasteiger partial charge in [0.1, 0.15) is 5.75 Å². The minimum Gasteiger partial charge on any atom is -0.492 e. The summed E-state index contributed by atoms with van der Waals surface area (Å²) in [7, 11) is 0. The normalized spacial score (nSPS) is 19.2. The zero-order chi connectivity index (χ0) is 16.5. The van der Waals surface area contributed by atoms with Gasteiger partial charge in [-0.1, -0.05) is 30.0 Å². The maximum Gasteiger partial charge on any atom is 0.142 e. The van der Waals surface area contributed by atoms with Crippen LogP contribution in [0.15, 0.2) is 41.4 Å². The lowest BCUT2D eigenvalue weighted by Gasteiger charge is -2.14. The molecule has 1 aliphatic heterocycles. The predicted octanol–water partition coefficient (Wildman–Crippen LogP) is 4.39. The molecule has 0 saturated carbocycles. The lowest BCUT2D eigenvalue weighted by atomic mass is 10.0. The number of thioether (sulfide) groups is 1. The highest BCUT2D eigenvalue weighted by Crippen LogP contribution is 2.42. The van der Waals surface area contributed by atoms with Gasteiger partial charge in [-0.15, -0.1) is 0 Å². The standard InChI is InChI=1S/C20H22N2OS/c1-2-23-18-10-9-14(11-17(18)21)20-22-12-19(24-20)16-8-4-6-13-5-3-7-15(13)16/h4,6,8-11,19H,2-3,5,7,12,21H2,1H3/t19-/m0/s1. The Morgan fingerprint density at radius 3 is 3.00 bits per heavy atom. The summed E-state index contributed by atoms with van der Waals surface area (Å²) in [6.07, 6.45) is 3.73. The third-order valence-electron chi connectivity index (χ3n) is 4.74. The minimum absolute atomic E-state index is 0.431. The van der Waals surface area contributed by atoms with E-state index in [1.165, 1.54) is 30.4 Å². The van der Waals surface area contributed by atoms with E-state index in [2.05, 4.69) is 24.3 Å². The molecule has 0 bridgehead atoms. The van der Waals surface area contributed by atoms with Crippen LogP contribution >= 0.6 is 11.8 Å². The number of anilines is 1. The molecule has 2 aliphatic rings. The molecule has 2 N–H and O–H groups in total. The Morgan fingerprint density at radius 1 is 1.25 bits per heavy atom. The van der Waals surface area contributed by atoms with Crippen molar-refractivity contribution in [3.8, 4) is 5.75 Å². The molecule has 0 radical (unpaired) electrons. The van der Waals surface area contributed by atoms with Crippen molar-refractivity contribution in [2.45, 2.75) is 31.4 Å². The monoisotopic (exact) mass is 338 g/mol. The highest BCUT2D eigenvalue weighted by Gasteiger charge is 2.26. The molecule has 0 aromatic heterocycles. The molecule has 0 fully saturated rings. The van der Waals surface area contributed by atoms with Gasteiger partial charge in [-0.3, -0.25) is 4.99 Å². The van der Waals surface area contributed by atoms with Crippen molar-refractivity contribution >= 4 is 22.5 Å². The summed E-state index contributed by atoms with van der Waals surface area (Å²) in [5, 5.41) is 1.52. The van der Waals surface area contributed by atoms with Crippen molar-refractivity contribution < 1.29 is 4.74 Å². The van der Waals surface area contributed by atoms with Crippen LogP contribution in [0.2, 0.25) is 0 Å². The number of nitrogen functional groups attached to an aromatic ring is 1. The van der Waals surface area contributed by atoms with Crippen LogP contribution in [0.4, 0.5) is 5.69 Å². The van der Waals surface area contributed by atoms with Crippen molar-refractivity contribution in [3.63, 3.8) is 0 Å². The van der Waals surface area contributed by atoms with E-state index in [1.807, 2.05) is 30.8 Å². The van der Waals surface area contributed by atoms with Crippen molar-refractivity contribution in [3.05, 3.63) is 58.7 Å². The molecule has 1 heterocycles. The predicted molar refractivity (Wildman–Crippen MR) is 102 cm³/mol. The molecule has 0 saturated heterocycles. The van der Waals surface area contributed by atoms with Crippen LogP contribution in [0.5, 0.6) is 5.75 Å². The second-order valence-corrected chi connectivity index (χ2v) is 7.47. The Hall–Kier alpha value is -1.94. The van der Waals surface area contributed by atoms with E-state index in [0.29, 0.717) is 17.5 Å². The van der Waals surface area contributed by atoms with Crippen LogP contribution in [-0.2, 0) is 12.8 Å². The van der Waals surface area contributed by atoms with E-state index >= 15 is 0 Å². The molecule has 124 valence electrons. The number of hydrogen-bond donors (Lipinski definition) is 1. The van der Waals surface area contributed by atoms with Gasteiger partial charge in [0.2, 0.25) is 0 Å². The molecular formula is C20H22N2OS. The summed E-state index contributed by atoms with van der Waals surface area (Å²) in [4.78, 5) is 4.79. The first kappa shape index (κ1) is 15.6. The highest BCUT2D eigenvalue weighted by molar-refractivity contribution is 8.14. The van der Waals surface area contributed by atoms with Crippen molar-refractivity contribution in [2.24, 2.45) is 4.99 Å². The Morgan fingerprint density at radius 2 is 2.17 bits per heavy atom. The van der Waals surface area contributed by atoms with Crippen molar-refractivity contribution in [1.82, 2.24) is 0 Å². The fourth-order valence-electron chi connectivity index (χ4n) is 3.62. The fourth-order valence-corrected chi connectivity index (χ4v) is 4.79. The number of ether oxygens (including phenoxy) is 1. The SMILES string of the molecule is CCOc1ccc(C2=NC[C@@H](c3cccc4c3CCC4)S2)cc1N. The van der Waals surface area contributed by atoms with Gasteiger partial charge < -0.3 is 10.5 Å². The van der Waals surface area contributed by atoms with Gasteiger partial charge in [0.05, 0.1) is 29.1 Å². The Balaban J connectivity index is 1.55. The molecular weight excluding hydrogens is 316 g/mol. The smallest absolute Gasteiger partial charge is 0.142 e. The number of nitrogens with zero attached hydrogens (tertiary/aromatic N) is 1. The maximum absolute atomic E-state index is 6.11. The summed E-state index contributed by atoms with van der Waals surface area (Å²) in [5.41, 5.74) is 12.5. The van der Waals surface area contributed by atoms with Crippen LogP contribution in [-0.4, -0.2) is 18.2 Å². The number of nitrogens with two attached hydrogens (primary N) is 1. The van der Waals surface area contributed by atoms with Gasteiger partial charge in [-0.05, 0) is 61.1 Å². The zero-order valence-electron chi connectivity index (χ0n) is 13.9. The molecule has 0 amide bonds. The molecule has 0 unspecified atom stereocenters. The number of hydrogen-bond acceptors (Lipinski definition) is 4. The second kappa shape index (κ2) is 6.52. The molecule has 2 aromatic rings. The maximum atomic E-state index is 6.11. The third-order valence-corrected chi connectivity index (χ3v) is 6.02. The average molecular weight is 338 g/mol. The van der Waals surface area contributed by atoms with E-state index in [1.54, 1.807) is 5.56 Å². The topological polar surface area (TPSA) is 47.6 Å². The van der Waals surface area contributed by atoms with Crippen molar-refractivity contribution in [1.29, 1.82) is 0 Å².